The van der Waals surface area contributed by atoms with Crippen LogP contribution in [0.5, 0.6) is 0 Å². The molecule has 9 nitrogen and oxygen atoms in total. The number of sulfonamides is 2. The molecule has 0 N–H and O–H groups in total. The van der Waals surface area contributed by atoms with Crippen molar-refractivity contribution in [1.82, 2.24) is 17.7 Å². The number of rotatable bonds is 4. The average Bonchev–Trinajstić information content (AvgIpc) is 2.99. The first kappa shape index (κ1) is 22.7. The smallest absolute Gasteiger partial charge is 0.295 e. The van der Waals surface area contributed by atoms with Gasteiger partial charge >= 0.3 is 5.69 Å². The van der Waals surface area contributed by atoms with Gasteiger partial charge in [-0.05, 0) is 49.2 Å². The van der Waals surface area contributed by atoms with Gasteiger partial charge in [-0.15, -0.1) is 0 Å². The van der Waals surface area contributed by atoms with E-state index in [-0.39, 0.29) is 41.7 Å². The molecule has 172 valence electrons. The maximum Gasteiger partial charge on any atom is 0.328 e. The van der Waals surface area contributed by atoms with E-state index in [0.29, 0.717) is 16.6 Å². The second-order valence-corrected chi connectivity index (χ2v) is 12.0. The van der Waals surface area contributed by atoms with Crippen molar-refractivity contribution in [3.63, 3.8) is 0 Å². The lowest BCUT2D eigenvalue weighted by molar-refractivity contribution is 0.272. The maximum absolute atomic E-state index is 13.2. The van der Waals surface area contributed by atoms with Gasteiger partial charge in [0.1, 0.15) is 0 Å². The van der Waals surface area contributed by atoms with Gasteiger partial charge in [-0.3, -0.25) is 9.13 Å². The van der Waals surface area contributed by atoms with Crippen molar-refractivity contribution in [2.24, 2.45) is 14.1 Å². The molecule has 1 aliphatic rings. The minimum atomic E-state index is -3.84. The zero-order valence-corrected chi connectivity index (χ0v) is 20.1. The van der Waals surface area contributed by atoms with Crippen molar-refractivity contribution >= 4 is 31.1 Å². The first-order valence-electron chi connectivity index (χ1n) is 10.2. The van der Waals surface area contributed by atoms with Crippen molar-refractivity contribution in [3.8, 4) is 0 Å². The molecule has 0 aliphatic carbocycles. The van der Waals surface area contributed by atoms with Crippen LogP contribution in [0.1, 0.15) is 11.1 Å². The topological polar surface area (TPSA) is 102 Å². The molecule has 0 spiro atoms. The second kappa shape index (κ2) is 7.84. The molecule has 2 aromatic carbocycles. The Labute approximate surface area is 187 Å². The van der Waals surface area contributed by atoms with E-state index in [1.807, 2.05) is 13.0 Å². The standard InChI is InChI=1S/C21H26N4O5S2/c1-15-5-6-16(2)20(13-15)32(29,30)25-11-9-24(10-12-25)31(27,28)17-7-8-18-19(14-17)23(4)21(26)22(18)3/h5-8,13-14H,9-12H2,1-4H3. The summed E-state index contributed by atoms with van der Waals surface area (Å²) < 4.78 is 58.2. The van der Waals surface area contributed by atoms with E-state index in [1.165, 1.54) is 29.9 Å². The van der Waals surface area contributed by atoms with E-state index in [1.54, 1.807) is 39.2 Å². The lowest BCUT2D eigenvalue weighted by Gasteiger charge is -2.33. The second-order valence-electron chi connectivity index (χ2n) is 8.13. The van der Waals surface area contributed by atoms with Crippen molar-refractivity contribution < 1.29 is 16.8 Å². The fraction of sp³-hybridized carbons (Fsp3) is 0.381. The molecule has 0 atom stereocenters. The lowest BCUT2D eigenvalue weighted by atomic mass is 10.2. The summed E-state index contributed by atoms with van der Waals surface area (Å²) in [5, 5.41) is 0. The summed E-state index contributed by atoms with van der Waals surface area (Å²) in [6, 6.07) is 9.87. The zero-order valence-electron chi connectivity index (χ0n) is 18.4. The Balaban J connectivity index is 1.59. The Kier molecular flexibility index (Phi) is 5.56. The number of nitrogens with zero attached hydrogens (tertiary/aromatic N) is 4. The molecule has 0 radical (unpaired) electrons. The number of fused-ring (bicyclic) bond motifs is 1. The van der Waals surface area contributed by atoms with Crippen LogP contribution in [0.25, 0.3) is 11.0 Å². The highest BCUT2D eigenvalue weighted by atomic mass is 32.2. The quantitative estimate of drug-likeness (QED) is 0.561. The van der Waals surface area contributed by atoms with Crippen molar-refractivity contribution in [2.75, 3.05) is 26.2 Å². The van der Waals surface area contributed by atoms with Crippen LogP contribution in [0.2, 0.25) is 0 Å². The molecule has 3 aromatic rings. The highest BCUT2D eigenvalue weighted by Gasteiger charge is 2.34. The van der Waals surface area contributed by atoms with Gasteiger partial charge in [0.15, 0.2) is 0 Å². The van der Waals surface area contributed by atoms with Gasteiger partial charge in [-0.1, -0.05) is 12.1 Å². The summed E-state index contributed by atoms with van der Waals surface area (Å²) >= 11 is 0. The number of aryl methyl sites for hydroxylation is 4. The van der Waals surface area contributed by atoms with E-state index in [2.05, 4.69) is 0 Å². The number of hydrogen-bond donors (Lipinski definition) is 0. The van der Waals surface area contributed by atoms with E-state index in [0.717, 1.165) is 5.56 Å². The van der Waals surface area contributed by atoms with Crippen LogP contribution < -0.4 is 5.69 Å². The summed E-state index contributed by atoms with van der Waals surface area (Å²) in [5.41, 5.74) is 2.43. The number of hydrogen-bond acceptors (Lipinski definition) is 5. The van der Waals surface area contributed by atoms with E-state index < -0.39 is 20.0 Å². The molecule has 0 amide bonds. The van der Waals surface area contributed by atoms with Gasteiger partial charge in [0.05, 0.1) is 20.8 Å². The lowest BCUT2D eigenvalue weighted by Crippen LogP contribution is -2.50. The fourth-order valence-electron chi connectivity index (χ4n) is 4.07. The Morgan fingerprint density at radius 1 is 0.719 bits per heavy atom. The molecule has 1 fully saturated rings. The first-order chi connectivity index (χ1) is 14.9. The number of imidazole rings is 1. The predicted molar refractivity (Wildman–Crippen MR) is 122 cm³/mol. The van der Waals surface area contributed by atoms with Gasteiger partial charge in [-0.2, -0.15) is 8.61 Å². The molecular weight excluding hydrogens is 452 g/mol. The maximum atomic E-state index is 13.2. The Morgan fingerprint density at radius 2 is 1.28 bits per heavy atom. The van der Waals surface area contributed by atoms with Gasteiger partial charge in [0, 0.05) is 40.3 Å². The molecule has 32 heavy (non-hydrogen) atoms. The first-order valence-corrected chi connectivity index (χ1v) is 13.1. The highest BCUT2D eigenvalue weighted by Crippen LogP contribution is 2.25. The van der Waals surface area contributed by atoms with Crippen LogP contribution in [0.4, 0.5) is 0 Å². The summed E-state index contributed by atoms with van der Waals surface area (Å²) in [5.74, 6) is 0. The van der Waals surface area contributed by atoms with Crippen molar-refractivity contribution in [1.29, 1.82) is 0 Å². The Morgan fingerprint density at radius 3 is 1.91 bits per heavy atom. The third-order valence-electron chi connectivity index (χ3n) is 6.04. The van der Waals surface area contributed by atoms with Crippen LogP contribution in [0.15, 0.2) is 51.0 Å². The van der Waals surface area contributed by atoms with Crippen LogP contribution in [0.3, 0.4) is 0 Å². The Bertz CT molecular complexity index is 1480. The molecule has 11 heteroatoms. The van der Waals surface area contributed by atoms with E-state index >= 15 is 0 Å². The molecule has 2 heterocycles. The summed E-state index contributed by atoms with van der Waals surface area (Å²) in [4.78, 5) is 12.5. The van der Waals surface area contributed by atoms with Gasteiger partial charge < -0.3 is 0 Å². The van der Waals surface area contributed by atoms with Crippen molar-refractivity contribution in [3.05, 3.63) is 58.0 Å². The molecule has 4 rings (SSSR count). The normalized spacial score (nSPS) is 16.6. The summed E-state index contributed by atoms with van der Waals surface area (Å²) in [7, 11) is -4.32. The fourth-order valence-corrected chi connectivity index (χ4v) is 7.25. The van der Waals surface area contributed by atoms with Crippen LogP contribution in [-0.2, 0) is 34.1 Å². The summed E-state index contributed by atoms with van der Waals surface area (Å²) in [6.07, 6.45) is 0. The third kappa shape index (κ3) is 3.58. The van der Waals surface area contributed by atoms with E-state index in [9.17, 15) is 21.6 Å². The van der Waals surface area contributed by atoms with Gasteiger partial charge in [-0.25, -0.2) is 21.6 Å². The monoisotopic (exact) mass is 478 g/mol. The predicted octanol–water partition coefficient (Wildman–Crippen LogP) is 1.19. The number of aromatic nitrogens is 2. The molecule has 0 unspecified atom stereocenters. The highest BCUT2D eigenvalue weighted by molar-refractivity contribution is 7.89. The van der Waals surface area contributed by atoms with E-state index in [4.69, 9.17) is 0 Å². The zero-order chi connectivity index (χ0) is 23.4. The molecule has 0 bridgehead atoms. The van der Waals surface area contributed by atoms with Gasteiger partial charge in [0.2, 0.25) is 20.0 Å². The van der Waals surface area contributed by atoms with Gasteiger partial charge in [0.25, 0.3) is 0 Å². The number of piperazine rings is 1. The third-order valence-corrected chi connectivity index (χ3v) is 9.98. The van der Waals surface area contributed by atoms with Crippen molar-refractivity contribution in [2.45, 2.75) is 23.6 Å². The molecule has 1 aromatic heterocycles. The molecule has 1 aliphatic heterocycles. The van der Waals surface area contributed by atoms with Crippen LogP contribution in [-0.4, -0.2) is 60.8 Å². The van der Waals surface area contributed by atoms with Crippen LogP contribution >= 0.6 is 0 Å². The molecule has 0 saturated carbocycles. The average molecular weight is 479 g/mol. The minimum Gasteiger partial charge on any atom is -0.295 e. The largest absolute Gasteiger partial charge is 0.328 e. The summed E-state index contributed by atoms with van der Waals surface area (Å²) in [6.45, 7) is 3.83. The Hall–Kier alpha value is -2.47. The SMILES string of the molecule is Cc1ccc(C)c(S(=O)(=O)N2CCN(S(=O)(=O)c3ccc4c(c3)n(C)c(=O)n4C)CC2)c1. The van der Waals surface area contributed by atoms with Crippen LogP contribution in [0, 0.1) is 13.8 Å². The number of benzene rings is 2. The molecule has 1 saturated heterocycles. The molecular formula is C21H26N4O5S2. The minimum absolute atomic E-state index is 0.0538.